The van der Waals surface area contributed by atoms with Gasteiger partial charge in [0.2, 0.25) is 5.91 Å². The van der Waals surface area contributed by atoms with Crippen LogP contribution in [0, 0.1) is 0 Å². The fourth-order valence-corrected chi connectivity index (χ4v) is 4.39. The molecular weight excluding hydrogens is 393 g/mol. The molecule has 7 heteroatoms. The van der Waals surface area contributed by atoms with Crippen LogP contribution in [0.5, 0.6) is 11.5 Å². The van der Waals surface area contributed by atoms with E-state index in [0.29, 0.717) is 40.5 Å². The molecule has 0 saturated carbocycles. The van der Waals surface area contributed by atoms with E-state index in [1.807, 2.05) is 38.1 Å². The fourth-order valence-electron chi connectivity index (χ4n) is 2.83. The van der Waals surface area contributed by atoms with Crippen LogP contribution in [0.15, 0.2) is 36.4 Å². The maximum absolute atomic E-state index is 12.5. The lowest BCUT2D eigenvalue weighted by Crippen LogP contribution is -2.27. The minimum Gasteiger partial charge on any atom is -0.490 e. The molecule has 138 valence electrons. The zero-order valence-electron chi connectivity index (χ0n) is 14.5. The van der Waals surface area contributed by atoms with Crippen LogP contribution in [0.25, 0.3) is 0 Å². The summed E-state index contributed by atoms with van der Waals surface area (Å²) in [5, 5.41) is 0.923. The van der Waals surface area contributed by atoms with E-state index in [0.717, 1.165) is 11.3 Å². The maximum Gasteiger partial charge on any atom is 0.238 e. The molecule has 3 rings (SSSR count). The van der Waals surface area contributed by atoms with Gasteiger partial charge in [-0.3, -0.25) is 9.69 Å². The second-order valence-electron chi connectivity index (χ2n) is 5.60. The number of carbonyl (C=O) groups excluding carboxylic acids is 1. The van der Waals surface area contributed by atoms with Crippen LogP contribution in [-0.2, 0) is 4.79 Å². The van der Waals surface area contributed by atoms with Crippen molar-refractivity contribution in [3.8, 4) is 11.5 Å². The number of anilines is 1. The Bertz CT molecular complexity index is 798. The molecule has 0 N–H and O–H groups in total. The van der Waals surface area contributed by atoms with Crippen LogP contribution in [0.1, 0.15) is 24.8 Å². The van der Waals surface area contributed by atoms with Crippen molar-refractivity contribution in [3.63, 3.8) is 0 Å². The highest BCUT2D eigenvalue weighted by molar-refractivity contribution is 8.00. The molecule has 0 aliphatic carbocycles. The van der Waals surface area contributed by atoms with E-state index in [1.165, 1.54) is 0 Å². The summed E-state index contributed by atoms with van der Waals surface area (Å²) in [6.07, 6.45) is 0. The van der Waals surface area contributed by atoms with E-state index < -0.39 is 0 Å². The molecule has 0 unspecified atom stereocenters. The SMILES string of the molecule is CCOc1cc([C@H]2SCC(=O)N2c2ccc(Cl)cc2)cc(Cl)c1OCC. The van der Waals surface area contributed by atoms with Crippen molar-refractivity contribution in [1.29, 1.82) is 0 Å². The number of hydrogen-bond donors (Lipinski definition) is 0. The third-order valence-corrected chi connectivity index (χ3v) is 5.62. The summed E-state index contributed by atoms with van der Waals surface area (Å²) in [6, 6.07) is 11.0. The van der Waals surface area contributed by atoms with E-state index in [1.54, 1.807) is 28.8 Å². The molecule has 1 saturated heterocycles. The van der Waals surface area contributed by atoms with Crippen molar-refractivity contribution >= 4 is 46.6 Å². The summed E-state index contributed by atoms with van der Waals surface area (Å²) in [7, 11) is 0. The normalized spacial score (nSPS) is 16.8. The number of hydrogen-bond acceptors (Lipinski definition) is 4. The number of nitrogens with zero attached hydrogens (tertiary/aromatic N) is 1. The Hall–Kier alpha value is -1.56. The molecule has 1 aliphatic rings. The minimum atomic E-state index is -0.184. The van der Waals surface area contributed by atoms with Crippen molar-refractivity contribution in [1.82, 2.24) is 0 Å². The number of ether oxygens (including phenoxy) is 2. The van der Waals surface area contributed by atoms with Gasteiger partial charge in [-0.15, -0.1) is 11.8 Å². The Balaban J connectivity index is 2.01. The standard InChI is InChI=1S/C19H19Cl2NO3S/c1-3-24-16-10-12(9-15(21)18(16)25-4-2)19-22(17(23)11-26-19)14-7-5-13(20)6-8-14/h5-10,19H,3-4,11H2,1-2H3/t19-/m1/s1. The zero-order valence-corrected chi connectivity index (χ0v) is 16.8. The second-order valence-corrected chi connectivity index (χ2v) is 7.51. The molecule has 1 heterocycles. The molecule has 0 radical (unpaired) electrons. The van der Waals surface area contributed by atoms with E-state index in [9.17, 15) is 4.79 Å². The topological polar surface area (TPSA) is 38.8 Å². The quantitative estimate of drug-likeness (QED) is 0.622. The number of benzene rings is 2. The minimum absolute atomic E-state index is 0.0466. The Morgan fingerprint density at radius 1 is 1.12 bits per heavy atom. The van der Waals surface area contributed by atoms with Gasteiger partial charge in [0.05, 0.1) is 24.0 Å². The lowest BCUT2D eigenvalue weighted by molar-refractivity contribution is -0.115. The van der Waals surface area contributed by atoms with Crippen LogP contribution in [0.2, 0.25) is 10.0 Å². The van der Waals surface area contributed by atoms with Crippen LogP contribution < -0.4 is 14.4 Å². The average Bonchev–Trinajstić information content (AvgIpc) is 3.00. The van der Waals surface area contributed by atoms with E-state index in [-0.39, 0.29) is 11.3 Å². The van der Waals surface area contributed by atoms with Gasteiger partial charge in [0.25, 0.3) is 0 Å². The molecule has 1 aliphatic heterocycles. The largest absolute Gasteiger partial charge is 0.490 e. The van der Waals surface area contributed by atoms with Crippen molar-refractivity contribution in [2.75, 3.05) is 23.9 Å². The molecule has 1 atom stereocenters. The Kier molecular flexibility index (Phi) is 6.22. The third-order valence-electron chi connectivity index (χ3n) is 3.88. The highest BCUT2D eigenvalue weighted by atomic mass is 35.5. The van der Waals surface area contributed by atoms with Crippen LogP contribution in [0.3, 0.4) is 0 Å². The molecular formula is C19H19Cl2NO3S. The number of carbonyl (C=O) groups is 1. The van der Waals surface area contributed by atoms with Crippen LogP contribution >= 0.6 is 35.0 Å². The molecule has 1 fully saturated rings. The highest BCUT2D eigenvalue weighted by Crippen LogP contribution is 2.46. The third kappa shape index (κ3) is 3.90. The number of rotatable bonds is 6. The fraction of sp³-hybridized carbons (Fsp3) is 0.316. The summed E-state index contributed by atoms with van der Waals surface area (Å²) in [5.41, 5.74) is 1.70. The average molecular weight is 412 g/mol. The monoisotopic (exact) mass is 411 g/mol. The lowest BCUT2D eigenvalue weighted by atomic mass is 10.1. The Labute approximate surface area is 167 Å². The Morgan fingerprint density at radius 2 is 1.81 bits per heavy atom. The smallest absolute Gasteiger partial charge is 0.238 e. The molecule has 2 aromatic carbocycles. The molecule has 0 spiro atoms. The van der Waals surface area contributed by atoms with Crippen LogP contribution in [-0.4, -0.2) is 24.9 Å². The molecule has 26 heavy (non-hydrogen) atoms. The first-order valence-corrected chi connectivity index (χ1v) is 10.1. The van der Waals surface area contributed by atoms with Gasteiger partial charge in [-0.2, -0.15) is 0 Å². The Morgan fingerprint density at radius 3 is 2.46 bits per heavy atom. The van der Waals surface area contributed by atoms with Gasteiger partial charge < -0.3 is 9.47 Å². The number of halogens is 2. The van der Waals surface area contributed by atoms with Crippen molar-refractivity contribution < 1.29 is 14.3 Å². The predicted molar refractivity (Wildman–Crippen MR) is 108 cm³/mol. The first-order chi connectivity index (χ1) is 12.5. The number of thioether (sulfide) groups is 1. The van der Waals surface area contributed by atoms with Gasteiger partial charge in [0.15, 0.2) is 11.5 Å². The summed E-state index contributed by atoms with van der Waals surface area (Å²) in [4.78, 5) is 14.3. The summed E-state index contributed by atoms with van der Waals surface area (Å²) in [6.45, 7) is 4.79. The summed E-state index contributed by atoms with van der Waals surface area (Å²) < 4.78 is 11.3. The summed E-state index contributed by atoms with van der Waals surface area (Å²) >= 11 is 14.0. The predicted octanol–water partition coefficient (Wildman–Crippen LogP) is 5.57. The van der Waals surface area contributed by atoms with E-state index in [4.69, 9.17) is 32.7 Å². The highest BCUT2D eigenvalue weighted by Gasteiger charge is 2.35. The van der Waals surface area contributed by atoms with Gasteiger partial charge in [0, 0.05) is 10.7 Å². The zero-order chi connectivity index (χ0) is 18.7. The number of amides is 1. The van der Waals surface area contributed by atoms with E-state index in [2.05, 4.69) is 0 Å². The first kappa shape index (κ1) is 19.2. The van der Waals surface area contributed by atoms with Crippen LogP contribution in [0.4, 0.5) is 5.69 Å². The molecule has 2 aromatic rings. The van der Waals surface area contributed by atoms with Crippen molar-refractivity contribution in [2.24, 2.45) is 0 Å². The maximum atomic E-state index is 12.5. The van der Waals surface area contributed by atoms with Gasteiger partial charge in [-0.05, 0) is 55.8 Å². The first-order valence-electron chi connectivity index (χ1n) is 8.33. The molecule has 4 nitrogen and oxygen atoms in total. The molecule has 0 bridgehead atoms. The molecule has 1 amide bonds. The van der Waals surface area contributed by atoms with Gasteiger partial charge in [0.1, 0.15) is 5.37 Å². The van der Waals surface area contributed by atoms with Crippen molar-refractivity contribution in [3.05, 3.63) is 52.0 Å². The lowest BCUT2D eigenvalue weighted by Gasteiger charge is -2.25. The van der Waals surface area contributed by atoms with Gasteiger partial charge in [-0.25, -0.2) is 0 Å². The molecule has 0 aromatic heterocycles. The van der Waals surface area contributed by atoms with Crippen molar-refractivity contribution in [2.45, 2.75) is 19.2 Å². The summed E-state index contributed by atoms with van der Waals surface area (Å²) in [5.74, 6) is 1.58. The van der Waals surface area contributed by atoms with Gasteiger partial charge >= 0.3 is 0 Å². The van der Waals surface area contributed by atoms with E-state index >= 15 is 0 Å². The second kappa shape index (κ2) is 8.42. The van der Waals surface area contributed by atoms with Gasteiger partial charge in [-0.1, -0.05) is 23.2 Å².